The fourth-order valence-corrected chi connectivity index (χ4v) is 4.16. The summed E-state index contributed by atoms with van der Waals surface area (Å²) in [6, 6.07) is 20.5. The van der Waals surface area contributed by atoms with Crippen LogP contribution in [0.3, 0.4) is 0 Å². The van der Waals surface area contributed by atoms with Gasteiger partial charge in [0.2, 0.25) is 0 Å². The minimum atomic E-state index is -0.146. The number of carbonyl (C=O) groups is 1. The zero-order valence-corrected chi connectivity index (χ0v) is 16.7. The number of nitrogens with one attached hydrogen (secondary N) is 1. The summed E-state index contributed by atoms with van der Waals surface area (Å²) in [7, 11) is 1.74. The van der Waals surface area contributed by atoms with Crippen LogP contribution < -0.4 is 15.6 Å². The van der Waals surface area contributed by atoms with Gasteiger partial charge in [0.05, 0.1) is 12.1 Å². The van der Waals surface area contributed by atoms with Gasteiger partial charge in [-0.25, -0.2) is 0 Å². The van der Waals surface area contributed by atoms with E-state index in [0.717, 1.165) is 33.5 Å². The molecule has 0 fully saturated rings. The van der Waals surface area contributed by atoms with E-state index >= 15 is 0 Å². The Morgan fingerprint density at radius 1 is 0.867 bits per heavy atom. The second kappa shape index (κ2) is 6.88. The first-order valence-corrected chi connectivity index (χ1v) is 9.90. The maximum atomic E-state index is 13.4. The minimum absolute atomic E-state index is 0.0191. The molecule has 0 radical (unpaired) electrons. The van der Waals surface area contributed by atoms with E-state index < -0.39 is 0 Å². The molecule has 0 aliphatic heterocycles. The summed E-state index contributed by atoms with van der Waals surface area (Å²) in [4.78, 5) is 26.5. The number of nitrogens with zero attached hydrogens (tertiary/aromatic N) is 1. The minimum Gasteiger partial charge on any atom is -0.494 e. The number of ether oxygens (including phenoxy) is 1. The average Bonchev–Trinajstić information content (AvgIpc) is 2.78. The number of aromatic nitrogens is 1. The van der Waals surface area contributed by atoms with E-state index in [2.05, 4.69) is 5.32 Å². The van der Waals surface area contributed by atoms with Crippen LogP contribution in [0.4, 0.5) is 11.4 Å². The molecule has 148 valence electrons. The van der Waals surface area contributed by atoms with Gasteiger partial charge >= 0.3 is 0 Å². The average molecular weight is 396 g/mol. The summed E-state index contributed by atoms with van der Waals surface area (Å²) in [6.45, 7) is 2.53. The molecule has 1 aliphatic rings. The van der Waals surface area contributed by atoms with Crippen LogP contribution in [0.2, 0.25) is 0 Å². The normalized spacial score (nSPS) is 12.0. The highest BCUT2D eigenvalue weighted by Crippen LogP contribution is 2.42. The zero-order valence-electron chi connectivity index (χ0n) is 16.7. The van der Waals surface area contributed by atoms with E-state index in [0.29, 0.717) is 23.4 Å². The summed E-state index contributed by atoms with van der Waals surface area (Å²) >= 11 is 0. The topological polar surface area (TPSA) is 60.3 Å². The fraction of sp³-hybridized carbons (Fsp3) is 0.120. The number of anilines is 2. The van der Waals surface area contributed by atoms with E-state index in [-0.39, 0.29) is 11.3 Å². The third-order valence-electron chi connectivity index (χ3n) is 5.54. The number of rotatable bonds is 4. The van der Waals surface area contributed by atoms with Gasteiger partial charge in [-0.15, -0.1) is 0 Å². The number of carbonyl (C=O) groups excluding carboxylic acids is 1. The Bertz CT molecular complexity index is 1370. The highest BCUT2D eigenvalue weighted by Gasteiger charge is 2.29. The van der Waals surface area contributed by atoms with Gasteiger partial charge in [-0.2, -0.15) is 0 Å². The molecule has 4 aromatic rings. The van der Waals surface area contributed by atoms with E-state index in [4.69, 9.17) is 4.74 Å². The van der Waals surface area contributed by atoms with Gasteiger partial charge in [0, 0.05) is 34.8 Å². The smallest absolute Gasteiger partial charge is 0.275 e. The third-order valence-corrected chi connectivity index (χ3v) is 5.54. The Kier molecular flexibility index (Phi) is 4.17. The molecule has 30 heavy (non-hydrogen) atoms. The van der Waals surface area contributed by atoms with Gasteiger partial charge in [-0.05, 0) is 42.8 Å². The van der Waals surface area contributed by atoms with Crippen molar-refractivity contribution >= 4 is 28.1 Å². The predicted molar refractivity (Wildman–Crippen MR) is 119 cm³/mol. The quantitative estimate of drug-likeness (QED) is 0.470. The lowest BCUT2D eigenvalue weighted by Crippen LogP contribution is -2.24. The van der Waals surface area contributed by atoms with Crippen molar-refractivity contribution in [1.82, 2.24) is 4.57 Å². The van der Waals surface area contributed by atoms with E-state index in [1.807, 2.05) is 73.7 Å². The molecule has 1 heterocycles. The lowest BCUT2D eigenvalue weighted by Gasteiger charge is -2.24. The first kappa shape index (κ1) is 18.2. The van der Waals surface area contributed by atoms with Crippen molar-refractivity contribution < 1.29 is 9.53 Å². The highest BCUT2D eigenvalue weighted by atomic mass is 16.5. The van der Waals surface area contributed by atoms with E-state index in [9.17, 15) is 9.59 Å². The Morgan fingerprint density at radius 2 is 1.57 bits per heavy atom. The van der Waals surface area contributed by atoms with Crippen LogP contribution in [0.5, 0.6) is 5.75 Å². The first-order chi connectivity index (χ1) is 14.6. The predicted octanol–water partition coefficient (Wildman–Crippen LogP) is 4.89. The molecule has 0 amide bonds. The van der Waals surface area contributed by atoms with Crippen molar-refractivity contribution in [3.05, 3.63) is 88.2 Å². The summed E-state index contributed by atoms with van der Waals surface area (Å²) in [6.07, 6.45) is 0. The van der Waals surface area contributed by atoms with Crippen LogP contribution in [0.25, 0.3) is 22.0 Å². The lowest BCUT2D eigenvalue weighted by atomic mass is 9.83. The summed E-state index contributed by atoms with van der Waals surface area (Å²) in [5.41, 5.74) is 4.61. The summed E-state index contributed by atoms with van der Waals surface area (Å²) in [5.74, 6) is 0.753. The number of hydrogen-bond donors (Lipinski definition) is 1. The molecular formula is C25H20N2O3. The maximum absolute atomic E-state index is 13.4. The largest absolute Gasteiger partial charge is 0.494 e. The standard InChI is InChI=1S/C25H20N2O3/c1-3-30-16-13-11-15(12-14-16)26-23-22-17-7-4-5-8-18(17)24(28)19-9-6-10-20(21(19)22)27(2)25(23)29/h4-14,26H,3H2,1-2H3. The lowest BCUT2D eigenvalue weighted by molar-refractivity contribution is 0.104. The molecule has 0 bridgehead atoms. The van der Waals surface area contributed by atoms with Crippen LogP contribution in [-0.4, -0.2) is 17.0 Å². The second-order valence-corrected chi connectivity index (χ2v) is 7.27. The molecule has 0 saturated carbocycles. The van der Waals surface area contributed by atoms with Gasteiger partial charge in [0.25, 0.3) is 5.56 Å². The SMILES string of the molecule is CCOc1ccc(Nc2c3c4c(cccc4n(C)c2=O)C(=O)c2ccccc2-3)cc1. The number of ketones is 1. The van der Waals surface area contributed by atoms with Crippen LogP contribution >= 0.6 is 0 Å². The molecule has 5 heteroatoms. The molecule has 5 nitrogen and oxygen atoms in total. The Morgan fingerprint density at radius 3 is 2.30 bits per heavy atom. The van der Waals surface area contributed by atoms with Gasteiger partial charge in [-0.3, -0.25) is 9.59 Å². The highest BCUT2D eigenvalue weighted by molar-refractivity contribution is 6.27. The third kappa shape index (κ3) is 2.63. The van der Waals surface area contributed by atoms with Crippen molar-refractivity contribution in [2.75, 3.05) is 11.9 Å². The van der Waals surface area contributed by atoms with Crippen LogP contribution in [0.1, 0.15) is 22.8 Å². The molecule has 1 N–H and O–H groups in total. The van der Waals surface area contributed by atoms with E-state index in [1.165, 1.54) is 0 Å². The van der Waals surface area contributed by atoms with Crippen molar-refractivity contribution in [2.24, 2.45) is 7.05 Å². The van der Waals surface area contributed by atoms with Crippen molar-refractivity contribution in [1.29, 1.82) is 0 Å². The molecular weight excluding hydrogens is 376 g/mol. The van der Waals surface area contributed by atoms with Crippen LogP contribution in [0, 0.1) is 0 Å². The summed E-state index contributed by atoms with van der Waals surface area (Å²) < 4.78 is 7.11. The second-order valence-electron chi connectivity index (χ2n) is 7.27. The first-order valence-electron chi connectivity index (χ1n) is 9.90. The molecule has 5 rings (SSSR count). The van der Waals surface area contributed by atoms with Gasteiger partial charge < -0.3 is 14.6 Å². The zero-order chi connectivity index (χ0) is 20.8. The number of aryl methyl sites for hydroxylation is 1. The molecule has 0 saturated heterocycles. The molecule has 1 aliphatic carbocycles. The number of hydrogen-bond acceptors (Lipinski definition) is 4. The fourth-order valence-electron chi connectivity index (χ4n) is 4.16. The number of fused-ring (bicyclic) bond motifs is 2. The molecule has 1 aromatic heterocycles. The monoisotopic (exact) mass is 396 g/mol. The number of pyridine rings is 1. The Balaban J connectivity index is 1.79. The maximum Gasteiger partial charge on any atom is 0.275 e. The molecule has 0 spiro atoms. The van der Waals surface area contributed by atoms with E-state index in [1.54, 1.807) is 11.6 Å². The number of benzene rings is 3. The van der Waals surface area contributed by atoms with Gasteiger partial charge in [-0.1, -0.05) is 36.4 Å². The molecule has 0 atom stereocenters. The Hall–Kier alpha value is -3.86. The Labute approximate surface area is 173 Å². The van der Waals surface area contributed by atoms with Crippen LogP contribution in [0.15, 0.2) is 71.5 Å². The van der Waals surface area contributed by atoms with Crippen molar-refractivity contribution in [2.45, 2.75) is 6.92 Å². The summed E-state index contributed by atoms with van der Waals surface area (Å²) in [5, 5.41) is 4.11. The van der Waals surface area contributed by atoms with Crippen molar-refractivity contribution in [3.63, 3.8) is 0 Å². The molecule has 3 aromatic carbocycles. The van der Waals surface area contributed by atoms with Crippen molar-refractivity contribution in [3.8, 4) is 16.9 Å². The van der Waals surface area contributed by atoms with Gasteiger partial charge in [0.1, 0.15) is 11.4 Å². The van der Waals surface area contributed by atoms with Crippen LogP contribution in [-0.2, 0) is 7.05 Å². The molecule has 0 unspecified atom stereocenters. The van der Waals surface area contributed by atoms with Gasteiger partial charge in [0.15, 0.2) is 5.78 Å².